The number of thiazole rings is 1. The monoisotopic (exact) mass is 554 g/mol. The number of ketones is 1. The Morgan fingerprint density at radius 1 is 0.975 bits per heavy atom. The third kappa shape index (κ3) is 4.32. The molecule has 0 unspecified atom stereocenters. The Labute approximate surface area is 236 Å². The zero-order valence-electron chi connectivity index (χ0n) is 23.1. The molecule has 1 amide bonds. The first-order valence-corrected chi connectivity index (χ1v) is 14.0. The first-order valence-electron chi connectivity index (χ1n) is 13.2. The Balaban J connectivity index is 1.54. The number of aliphatic hydroxyl groups excluding tert-OH is 1. The number of hydrogen-bond acceptors (Lipinski definition) is 7. The maximum atomic E-state index is 13.7. The number of aliphatic hydroxyl groups is 1. The zero-order valence-corrected chi connectivity index (χ0v) is 23.9. The van der Waals surface area contributed by atoms with Crippen molar-refractivity contribution < 1.29 is 24.2 Å². The largest absolute Gasteiger partial charge is 0.507 e. The highest BCUT2D eigenvalue weighted by molar-refractivity contribution is 7.22. The fourth-order valence-corrected chi connectivity index (χ4v) is 6.49. The lowest BCUT2D eigenvalue weighted by Crippen LogP contribution is -2.29. The molecule has 2 aliphatic heterocycles. The molecule has 0 saturated carbocycles. The van der Waals surface area contributed by atoms with E-state index < -0.39 is 17.7 Å². The Morgan fingerprint density at radius 3 is 2.38 bits per heavy atom. The van der Waals surface area contributed by atoms with Gasteiger partial charge in [-0.1, -0.05) is 62.4 Å². The van der Waals surface area contributed by atoms with Crippen molar-refractivity contribution in [2.75, 3.05) is 18.1 Å². The summed E-state index contributed by atoms with van der Waals surface area (Å²) in [4.78, 5) is 33.6. The van der Waals surface area contributed by atoms with Crippen molar-refractivity contribution in [3.63, 3.8) is 0 Å². The molecule has 40 heavy (non-hydrogen) atoms. The molecule has 7 nitrogen and oxygen atoms in total. The van der Waals surface area contributed by atoms with Crippen molar-refractivity contribution in [2.24, 2.45) is 0 Å². The minimum atomic E-state index is -0.857. The molecule has 1 fully saturated rings. The molecular weight excluding hydrogens is 524 g/mol. The lowest BCUT2D eigenvalue weighted by atomic mass is 9.85. The third-order valence-corrected chi connectivity index (χ3v) is 8.38. The van der Waals surface area contributed by atoms with E-state index in [2.05, 4.69) is 20.8 Å². The zero-order chi connectivity index (χ0) is 28.3. The van der Waals surface area contributed by atoms with Gasteiger partial charge in [0.15, 0.2) is 16.6 Å². The van der Waals surface area contributed by atoms with Crippen LogP contribution in [0.25, 0.3) is 16.0 Å². The molecule has 4 aromatic rings. The average Bonchev–Trinajstić information content (AvgIpc) is 3.46. The van der Waals surface area contributed by atoms with Gasteiger partial charge in [0.2, 0.25) is 0 Å². The topological polar surface area (TPSA) is 89.0 Å². The number of anilines is 1. The molecule has 3 aromatic carbocycles. The number of carbonyl (C=O) groups is 2. The van der Waals surface area contributed by atoms with Gasteiger partial charge in [-0.15, -0.1) is 0 Å². The maximum absolute atomic E-state index is 13.7. The molecule has 1 saturated heterocycles. The van der Waals surface area contributed by atoms with E-state index in [1.807, 2.05) is 50.2 Å². The van der Waals surface area contributed by atoms with Crippen LogP contribution in [0.5, 0.6) is 11.5 Å². The van der Waals surface area contributed by atoms with E-state index >= 15 is 0 Å². The van der Waals surface area contributed by atoms with Gasteiger partial charge in [0.05, 0.1) is 21.8 Å². The molecule has 0 radical (unpaired) electrons. The Kier molecular flexibility index (Phi) is 6.18. The van der Waals surface area contributed by atoms with Crippen LogP contribution in [0.4, 0.5) is 5.13 Å². The fourth-order valence-electron chi connectivity index (χ4n) is 5.32. The van der Waals surface area contributed by atoms with Gasteiger partial charge < -0.3 is 14.6 Å². The summed E-state index contributed by atoms with van der Waals surface area (Å²) in [7, 11) is 0. The molecule has 2 aliphatic rings. The number of amides is 1. The molecule has 0 aliphatic carbocycles. The number of carbonyl (C=O) groups excluding carboxylic acids is 2. The lowest BCUT2D eigenvalue weighted by Gasteiger charge is -2.25. The first-order chi connectivity index (χ1) is 19.0. The summed E-state index contributed by atoms with van der Waals surface area (Å²) in [6.45, 7) is 11.2. The van der Waals surface area contributed by atoms with Crippen molar-refractivity contribution in [1.82, 2.24) is 4.98 Å². The SMILES string of the molecule is Cc1cc(C)c2nc(N3C(=O)C(=O)/C(=C(/O)c4ccc5c(c4)OCCO5)[C@@H]3c3ccc(C(C)(C)C)cc3)sc2c1. The summed E-state index contributed by atoms with van der Waals surface area (Å²) in [5, 5.41) is 12.0. The molecule has 3 heterocycles. The van der Waals surface area contributed by atoms with Gasteiger partial charge in [-0.05, 0) is 65.8 Å². The van der Waals surface area contributed by atoms with E-state index in [0.717, 1.165) is 26.9 Å². The van der Waals surface area contributed by atoms with Crippen LogP contribution in [0.2, 0.25) is 0 Å². The molecule has 0 spiro atoms. The van der Waals surface area contributed by atoms with E-state index in [0.29, 0.717) is 41.0 Å². The molecule has 1 N–H and O–H groups in total. The van der Waals surface area contributed by atoms with Crippen molar-refractivity contribution in [1.29, 1.82) is 0 Å². The summed E-state index contributed by atoms with van der Waals surface area (Å²) < 4.78 is 12.2. The van der Waals surface area contributed by atoms with Crippen molar-refractivity contribution in [2.45, 2.75) is 46.1 Å². The highest BCUT2D eigenvalue weighted by atomic mass is 32.1. The van der Waals surface area contributed by atoms with Gasteiger partial charge in [-0.2, -0.15) is 0 Å². The van der Waals surface area contributed by atoms with Crippen molar-refractivity contribution >= 4 is 44.1 Å². The standard InChI is InChI=1S/C32H30N2O5S/c1-17-14-18(2)26-24(15-17)40-31(33-26)34-27(19-6-9-21(10-7-19)32(3,4)5)25(29(36)30(34)37)28(35)20-8-11-22-23(16-20)39-13-12-38-22/h6-11,14-16,27,35H,12-13H2,1-5H3/b28-25+/t27-/m0/s1. The van der Waals surface area contributed by atoms with E-state index in [4.69, 9.17) is 14.5 Å². The van der Waals surface area contributed by atoms with Crippen LogP contribution in [0.15, 0.2) is 60.2 Å². The second-order valence-electron chi connectivity index (χ2n) is 11.3. The second kappa shape index (κ2) is 9.48. The number of benzene rings is 3. The number of aromatic nitrogens is 1. The van der Waals surface area contributed by atoms with Gasteiger partial charge in [0.1, 0.15) is 19.0 Å². The summed E-state index contributed by atoms with van der Waals surface area (Å²) in [6.07, 6.45) is 0. The van der Waals surface area contributed by atoms with Gasteiger partial charge in [-0.25, -0.2) is 4.98 Å². The highest BCUT2D eigenvalue weighted by Gasteiger charge is 2.48. The number of fused-ring (bicyclic) bond motifs is 2. The van der Waals surface area contributed by atoms with Gasteiger partial charge >= 0.3 is 5.91 Å². The highest BCUT2D eigenvalue weighted by Crippen LogP contribution is 2.45. The Bertz CT molecular complexity index is 1710. The Morgan fingerprint density at radius 2 is 1.68 bits per heavy atom. The predicted molar refractivity (Wildman–Crippen MR) is 156 cm³/mol. The first kappa shape index (κ1) is 26.1. The average molecular weight is 555 g/mol. The van der Waals surface area contributed by atoms with Crippen LogP contribution in [-0.2, 0) is 15.0 Å². The predicted octanol–water partition coefficient (Wildman–Crippen LogP) is 6.61. The smallest absolute Gasteiger partial charge is 0.301 e. The second-order valence-corrected chi connectivity index (χ2v) is 12.3. The summed E-state index contributed by atoms with van der Waals surface area (Å²) in [5.74, 6) is -0.705. The van der Waals surface area contributed by atoms with Gasteiger partial charge in [-0.3, -0.25) is 14.5 Å². The molecule has 6 rings (SSSR count). The molecule has 1 aromatic heterocycles. The fraction of sp³-hybridized carbons (Fsp3) is 0.281. The van der Waals surface area contributed by atoms with Crippen LogP contribution in [-0.4, -0.2) is 35.0 Å². The summed E-state index contributed by atoms with van der Waals surface area (Å²) in [6, 6.07) is 16.1. The molecule has 204 valence electrons. The van der Waals surface area contributed by atoms with Crippen molar-refractivity contribution in [3.8, 4) is 11.5 Å². The van der Waals surface area contributed by atoms with Gasteiger partial charge in [0, 0.05) is 5.56 Å². The normalized spacial score (nSPS) is 18.5. The summed E-state index contributed by atoms with van der Waals surface area (Å²) >= 11 is 1.36. The summed E-state index contributed by atoms with van der Waals surface area (Å²) in [5.41, 5.74) is 5.01. The van der Waals surface area contributed by atoms with Crippen LogP contribution in [0.1, 0.15) is 54.6 Å². The van der Waals surface area contributed by atoms with E-state index in [1.165, 1.54) is 16.2 Å². The maximum Gasteiger partial charge on any atom is 0.301 e. The minimum Gasteiger partial charge on any atom is -0.507 e. The van der Waals surface area contributed by atoms with E-state index in [9.17, 15) is 14.7 Å². The molecule has 8 heteroatoms. The van der Waals surface area contributed by atoms with Crippen LogP contribution < -0.4 is 14.4 Å². The number of nitrogens with zero attached hydrogens (tertiary/aromatic N) is 2. The van der Waals surface area contributed by atoms with Gasteiger partial charge in [0.25, 0.3) is 5.78 Å². The van der Waals surface area contributed by atoms with Crippen LogP contribution in [0, 0.1) is 13.8 Å². The number of Topliss-reactive ketones (excluding diaryl/α,β-unsaturated/α-hetero) is 1. The molecule has 0 bridgehead atoms. The third-order valence-electron chi connectivity index (χ3n) is 7.38. The van der Waals surface area contributed by atoms with Crippen molar-refractivity contribution in [3.05, 3.63) is 88.0 Å². The number of hydrogen-bond donors (Lipinski definition) is 1. The quantitative estimate of drug-likeness (QED) is 0.174. The molecular formula is C32H30N2O5S. The van der Waals surface area contributed by atoms with Crippen LogP contribution in [0.3, 0.4) is 0 Å². The van der Waals surface area contributed by atoms with E-state index in [1.54, 1.807) is 18.2 Å². The van der Waals surface area contributed by atoms with Crippen LogP contribution >= 0.6 is 11.3 Å². The minimum absolute atomic E-state index is 0.0114. The molecule has 1 atom stereocenters. The Hall–Kier alpha value is -4.17. The van der Waals surface area contributed by atoms with E-state index in [-0.39, 0.29) is 16.7 Å². The number of aryl methyl sites for hydroxylation is 2. The number of rotatable bonds is 3. The lowest BCUT2D eigenvalue weighted by molar-refractivity contribution is -0.132. The number of ether oxygens (including phenoxy) is 2.